The Morgan fingerprint density at radius 3 is 2.61 bits per heavy atom. The molecule has 0 bridgehead atoms. The number of nitrogens with zero attached hydrogens (tertiary/aromatic N) is 2. The van der Waals surface area contributed by atoms with Gasteiger partial charge in [0.2, 0.25) is 5.91 Å². The average molecular weight is 314 g/mol. The predicted molar refractivity (Wildman–Crippen MR) is 77.2 cm³/mol. The standard InChI is InChI=1S/C13H20BrN3O/c1-16(8-7-15)10-13(18)17(2)9-11-5-3-4-6-12(11)14/h3-6H,7-10,15H2,1-2H3. The van der Waals surface area contributed by atoms with Crippen LogP contribution in [0, 0.1) is 0 Å². The maximum absolute atomic E-state index is 12.0. The second-order valence-corrected chi connectivity index (χ2v) is 5.22. The SMILES string of the molecule is CN(CCN)CC(=O)N(C)Cc1ccccc1Br. The van der Waals surface area contributed by atoms with Crippen molar-refractivity contribution in [3.63, 3.8) is 0 Å². The van der Waals surface area contributed by atoms with Gasteiger partial charge in [-0.25, -0.2) is 0 Å². The van der Waals surface area contributed by atoms with Crippen molar-refractivity contribution in [2.24, 2.45) is 5.73 Å². The van der Waals surface area contributed by atoms with Crippen LogP contribution in [0.1, 0.15) is 5.56 Å². The zero-order valence-electron chi connectivity index (χ0n) is 10.9. The third-order valence-electron chi connectivity index (χ3n) is 2.71. The number of benzene rings is 1. The Morgan fingerprint density at radius 2 is 2.00 bits per heavy atom. The van der Waals surface area contributed by atoms with Gasteiger partial charge in [-0.3, -0.25) is 9.69 Å². The van der Waals surface area contributed by atoms with Gasteiger partial charge in [0.25, 0.3) is 0 Å². The monoisotopic (exact) mass is 313 g/mol. The van der Waals surface area contributed by atoms with Gasteiger partial charge in [0.1, 0.15) is 0 Å². The van der Waals surface area contributed by atoms with Gasteiger partial charge in [0.05, 0.1) is 6.54 Å². The van der Waals surface area contributed by atoms with E-state index in [2.05, 4.69) is 15.9 Å². The number of carbonyl (C=O) groups is 1. The van der Waals surface area contributed by atoms with Crippen LogP contribution in [0.4, 0.5) is 0 Å². The number of halogens is 1. The second-order valence-electron chi connectivity index (χ2n) is 4.37. The van der Waals surface area contributed by atoms with E-state index in [1.54, 1.807) is 4.90 Å². The fourth-order valence-corrected chi connectivity index (χ4v) is 2.03. The van der Waals surface area contributed by atoms with E-state index in [1.165, 1.54) is 0 Å². The molecule has 0 spiro atoms. The van der Waals surface area contributed by atoms with Crippen molar-refractivity contribution in [3.05, 3.63) is 34.3 Å². The van der Waals surface area contributed by atoms with Gasteiger partial charge < -0.3 is 10.6 Å². The first-order valence-corrected chi connectivity index (χ1v) is 6.70. The summed E-state index contributed by atoms with van der Waals surface area (Å²) in [7, 11) is 3.72. The lowest BCUT2D eigenvalue weighted by Gasteiger charge is -2.22. The smallest absolute Gasteiger partial charge is 0.236 e. The first kappa shape index (κ1) is 15.1. The molecule has 2 N–H and O–H groups in total. The number of amides is 1. The molecule has 1 aromatic rings. The molecule has 0 atom stereocenters. The summed E-state index contributed by atoms with van der Waals surface area (Å²) in [5.74, 6) is 0.0988. The molecule has 0 aliphatic heterocycles. The van der Waals surface area contributed by atoms with Gasteiger partial charge in [0.15, 0.2) is 0 Å². The average Bonchev–Trinajstić information content (AvgIpc) is 2.32. The Balaban J connectivity index is 2.52. The summed E-state index contributed by atoms with van der Waals surface area (Å²) in [6, 6.07) is 7.93. The van der Waals surface area contributed by atoms with Crippen molar-refractivity contribution in [1.29, 1.82) is 0 Å². The van der Waals surface area contributed by atoms with Crippen molar-refractivity contribution in [3.8, 4) is 0 Å². The molecule has 0 heterocycles. The molecule has 1 aromatic carbocycles. The van der Waals surface area contributed by atoms with Crippen molar-refractivity contribution in [1.82, 2.24) is 9.80 Å². The second kappa shape index (κ2) is 7.51. The summed E-state index contributed by atoms with van der Waals surface area (Å²) in [5, 5.41) is 0. The summed E-state index contributed by atoms with van der Waals surface area (Å²) >= 11 is 3.48. The number of carbonyl (C=O) groups excluding carboxylic acids is 1. The summed E-state index contributed by atoms with van der Waals surface area (Å²) in [6.07, 6.45) is 0. The molecule has 18 heavy (non-hydrogen) atoms. The Morgan fingerprint density at radius 1 is 1.33 bits per heavy atom. The van der Waals surface area contributed by atoms with Crippen LogP contribution in [-0.4, -0.2) is 49.4 Å². The largest absolute Gasteiger partial charge is 0.340 e. The van der Waals surface area contributed by atoms with Crippen molar-refractivity contribution in [2.45, 2.75) is 6.54 Å². The summed E-state index contributed by atoms with van der Waals surface area (Å²) < 4.78 is 1.03. The van der Waals surface area contributed by atoms with Gasteiger partial charge in [-0.05, 0) is 18.7 Å². The van der Waals surface area contributed by atoms with E-state index in [1.807, 2.05) is 43.3 Å². The minimum atomic E-state index is 0.0988. The highest BCUT2D eigenvalue weighted by molar-refractivity contribution is 9.10. The lowest BCUT2D eigenvalue weighted by Crippen LogP contribution is -2.38. The Kier molecular flexibility index (Phi) is 6.32. The van der Waals surface area contributed by atoms with Crippen LogP contribution in [0.3, 0.4) is 0 Å². The highest BCUT2D eigenvalue weighted by Crippen LogP contribution is 2.17. The first-order valence-electron chi connectivity index (χ1n) is 5.90. The normalized spacial score (nSPS) is 10.7. The van der Waals surface area contributed by atoms with Crippen molar-refractivity contribution >= 4 is 21.8 Å². The highest BCUT2D eigenvalue weighted by atomic mass is 79.9. The van der Waals surface area contributed by atoms with Gasteiger partial charge in [-0.2, -0.15) is 0 Å². The third kappa shape index (κ3) is 4.76. The van der Waals surface area contributed by atoms with Crippen LogP contribution in [0.5, 0.6) is 0 Å². The fraction of sp³-hybridized carbons (Fsp3) is 0.462. The molecule has 0 fully saturated rings. The minimum Gasteiger partial charge on any atom is -0.340 e. The molecular formula is C13H20BrN3O. The maximum atomic E-state index is 12.0. The minimum absolute atomic E-state index is 0.0988. The van der Waals surface area contributed by atoms with Crippen LogP contribution in [0.2, 0.25) is 0 Å². The third-order valence-corrected chi connectivity index (χ3v) is 3.48. The molecule has 1 rings (SSSR count). The number of likely N-dealkylation sites (N-methyl/N-ethyl adjacent to an activating group) is 2. The van der Waals surface area contributed by atoms with Gasteiger partial charge >= 0.3 is 0 Å². The summed E-state index contributed by atoms with van der Waals surface area (Å²) in [4.78, 5) is 15.6. The molecule has 5 heteroatoms. The van der Waals surface area contributed by atoms with Crippen LogP contribution < -0.4 is 5.73 Å². The van der Waals surface area contributed by atoms with E-state index in [9.17, 15) is 4.79 Å². The molecule has 1 amide bonds. The summed E-state index contributed by atoms with van der Waals surface area (Å²) in [6.45, 7) is 2.31. The van der Waals surface area contributed by atoms with E-state index in [4.69, 9.17) is 5.73 Å². The van der Waals surface area contributed by atoms with Crippen molar-refractivity contribution in [2.75, 3.05) is 33.7 Å². The lowest BCUT2D eigenvalue weighted by molar-refractivity contribution is -0.131. The summed E-state index contributed by atoms with van der Waals surface area (Å²) in [5.41, 5.74) is 6.56. The van der Waals surface area contributed by atoms with Crippen molar-refractivity contribution < 1.29 is 4.79 Å². The van der Waals surface area contributed by atoms with E-state index in [-0.39, 0.29) is 5.91 Å². The fourth-order valence-electron chi connectivity index (χ4n) is 1.62. The predicted octanol–water partition coefficient (Wildman–Crippen LogP) is 1.30. The lowest BCUT2D eigenvalue weighted by atomic mass is 10.2. The van der Waals surface area contributed by atoms with Crippen LogP contribution in [0.25, 0.3) is 0 Å². The molecule has 100 valence electrons. The molecule has 4 nitrogen and oxygen atoms in total. The quantitative estimate of drug-likeness (QED) is 0.861. The van der Waals surface area contributed by atoms with Gasteiger partial charge in [-0.1, -0.05) is 34.1 Å². The van der Waals surface area contributed by atoms with Crippen LogP contribution in [-0.2, 0) is 11.3 Å². The number of hydrogen-bond acceptors (Lipinski definition) is 3. The zero-order chi connectivity index (χ0) is 13.5. The molecular weight excluding hydrogens is 294 g/mol. The highest BCUT2D eigenvalue weighted by Gasteiger charge is 2.12. The molecule has 0 aliphatic carbocycles. The van der Waals surface area contributed by atoms with E-state index in [0.29, 0.717) is 19.6 Å². The molecule has 0 aliphatic rings. The molecule has 0 aromatic heterocycles. The Hall–Kier alpha value is -0.910. The molecule has 0 saturated carbocycles. The van der Waals surface area contributed by atoms with Gasteiger partial charge in [0, 0.05) is 31.2 Å². The first-order chi connectivity index (χ1) is 8.54. The molecule has 0 unspecified atom stereocenters. The van der Waals surface area contributed by atoms with E-state index < -0.39 is 0 Å². The molecule has 0 radical (unpaired) electrons. The van der Waals surface area contributed by atoms with E-state index >= 15 is 0 Å². The van der Waals surface area contributed by atoms with Crippen LogP contribution in [0.15, 0.2) is 28.7 Å². The topological polar surface area (TPSA) is 49.6 Å². The number of hydrogen-bond donors (Lipinski definition) is 1. The van der Waals surface area contributed by atoms with Gasteiger partial charge in [-0.15, -0.1) is 0 Å². The Bertz CT molecular complexity index is 398. The zero-order valence-corrected chi connectivity index (χ0v) is 12.5. The van der Waals surface area contributed by atoms with E-state index in [0.717, 1.165) is 16.6 Å². The Labute approximate surface area is 117 Å². The molecule has 0 saturated heterocycles. The maximum Gasteiger partial charge on any atom is 0.236 e. The number of rotatable bonds is 6. The van der Waals surface area contributed by atoms with Crippen LogP contribution >= 0.6 is 15.9 Å². The number of nitrogens with two attached hydrogens (primary N) is 1.